The monoisotopic (exact) mass is 449 g/mol. The Morgan fingerprint density at radius 2 is 1.81 bits per heavy atom. The minimum absolute atomic E-state index is 0. The molecular formula is C17H32CoN3O5S-. The van der Waals surface area contributed by atoms with Gasteiger partial charge >= 0.3 is 0 Å². The average molecular weight is 449 g/mol. The van der Waals surface area contributed by atoms with E-state index in [2.05, 4.69) is 17.1 Å². The fourth-order valence-electron chi connectivity index (χ4n) is 5.02. The maximum atomic E-state index is 11.3. The number of carboxylic acids is 1. The first-order valence-corrected chi connectivity index (χ1v) is 9.18. The van der Waals surface area contributed by atoms with E-state index in [-0.39, 0.29) is 38.8 Å². The van der Waals surface area contributed by atoms with Gasteiger partial charge in [0.2, 0.25) is 0 Å². The van der Waals surface area contributed by atoms with Crippen molar-refractivity contribution in [3.63, 3.8) is 0 Å². The third-order valence-electron chi connectivity index (χ3n) is 5.87. The summed E-state index contributed by atoms with van der Waals surface area (Å²) < 4.78 is 0. The van der Waals surface area contributed by atoms with Crippen molar-refractivity contribution in [2.24, 2.45) is 39.6 Å². The van der Waals surface area contributed by atoms with Crippen LogP contribution in [0.2, 0.25) is 0 Å². The predicted octanol–water partition coefficient (Wildman–Crippen LogP) is 0.630. The van der Waals surface area contributed by atoms with Gasteiger partial charge in [-0.1, -0.05) is 26.2 Å². The van der Waals surface area contributed by atoms with E-state index >= 15 is 0 Å². The molecule has 5 atom stereocenters. The Morgan fingerprint density at radius 3 is 2.37 bits per heavy atom. The molecule has 0 aromatic heterocycles. The number of amidine groups is 1. The van der Waals surface area contributed by atoms with Crippen LogP contribution in [0.5, 0.6) is 0 Å². The Bertz CT molecular complexity index is 541. The van der Waals surface area contributed by atoms with Gasteiger partial charge in [0.15, 0.2) is 0 Å². The van der Waals surface area contributed by atoms with E-state index in [4.69, 9.17) is 28.3 Å². The molecule has 3 aliphatic carbocycles. The molecule has 0 amide bonds. The van der Waals surface area contributed by atoms with Crippen LogP contribution in [0.4, 0.5) is 0 Å². The molecule has 3 fully saturated rings. The standard InChI is InChI=1S/C15H25N3OS.C2H4O2.Co.2H2O/c1-9-10-5-4-7-12(13(10)17-18-14(16)20)15(19)8-3-2-6-11(9)15;1-2(3)4;;;/h9-12,19H,2-8H2,1H3,(H3,16,18,20);1H3,(H,3,4);;2*1H2/p-1/b17-13+;;;;. The second-order valence-corrected chi connectivity index (χ2v) is 7.69. The molecule has 3 rings (SSSR count). The van der Waals surface area contributed by atoms with Gasteiger partial charge in [-0.05, 0) is 42.7 Å². The number of hydrogen-bond acceptors (Lipinski definition) is 5. The van der Waals surface area contributed by atoms with Crippen molar-refractivity contribution < 1.29 is 42.7 Å². The first kappa shape index (κ1) is 28.4. The molecule has 1 radical (unpaired) electrons. The molecule has 0 aromatic rings. The molecule has 0 heterocycles. The topological polar surface area (TPSA) is 171 Å². The maximum Gasteiger partial charge on any atom is 0.300 e. The molecule has 5 unspecified atom stereocenters. The fourth-order valence-corrected chi connectivity index (χ4v) is 5.06. The first-order valence-electron chi connectivity index (χ1n) is 8.77. The largest absolute Gasteiger partial charge is 0.741 e. The van der Waals surface area contributed by atoms with E-state index in [1.807, 2.05) is 0 Å². The Balaban J connectivity index is 0. The summed E-state index contributed by atoms with van der Waals surface area (Å²) in [5, 5.41) is 27.1. The SMILES string of the molecule is CC(=O)O.CC1C2CCCC(/C2=N/N=C(N)[S-])C2(O)CCCCC12.O.O.[Co]. The number of aliphatic hydroxyl groups is 1. The van der Waals surface area contributed by atoms with E-state index < -0.39 is 11.6 Å². The average Bonchev–Trinajstić information content (AvgIpc) is 2.50. The van der Waals surface area contributed by atoms with Gasteiger partial charge in [0.05, 0.1) is 5.60 Å². The quantitative estimate of drug-likeness (QED) is 0.230. The minimum atomic E-state index is -0.833. The van der Waals surface area contributed by atoms with E-state index in [1.54, 1.807) is 0 Å². The Kier molecular flexibility index (Phi) is 12.6. The van der Waals surface area contributed by atoms with Gasteiger partial charge in [-0.2, -0.15) is 10.2 Å². The van der Waals surface area contributed by atoms with Crippen molar-refractivity contribution >= 4 is 29.5 Å². The molecule has 8 N–H and O–H groups in total. The number of nitrogens with zero attached hydrogens (tertiary/aromatic N) is 2. The Labute approximate surface area is 176 Å². The van der Waals surface area contributed by atoms with Gasteiger partial charge in [0.1, 0.15) is 0 Å². The second kappa shape index (κ2) is 11.9. The van der Waals surface area contributed by atoms with Crippen LogP contribution in [-0.4, -0.2) is 43.6 Å². The van der Waals surface area contributed by atoms with Gasteiger partial charge in [0.25, 0.3) is 5.97 Å². The van der Waals surface area contributed by atoms with Crippen LogP contribution in [0.1, 0.15) is 58.8 Å². The van der Waals surface area contributed by atoms with Gasteiger partial charge in [-0.3, -0.25) is 4.79 Å². The fraction of sp³-hybridized carbons (Fsp3) is 0.824. The summed E-state index contributed by atoms with van der Waals surface area (Å²) in [6, 6.07) is 0. The number of aliphatic carboxylic acids is 1. The van der Waals surface area contributed by atoms with Crippen molar-refractivity contribution in [2.45, 2.75) is 64.4 Å². The van der Waals surface area contributed by atoms with Crippen LogP contribution in [0.25, 0.3) is 0 Å². The minimum Gasteiger partial charge on any atom is -0.741 e. The number of carboxylic acid groups (broad SMARTS) is 1. The summed E-state index contributed by atoms with van der Waals surface area (Å²) in [5.41, 5.74) is 5.95. The number of carbonyl (C=O) groups is 1. The molecule has 3 aliphatic rings. The van der Waals surface area contributed by atoms with Crippen LogP contribution in [0.3, 0.4) is 0 Å². The molecule has 0 saturated heterocycles. The molecule has 27 heavy (non-hydrogen) atoms. The van der Waals surface area contributed by atoms with Crippen molar-refractivity contribution in [3.05, 3.63) is 0 Å². The molecule has 8 nitrogen and oxygen atoms in total. The van der Waals surface area contributed by atoms with Crippen molar-refractivity contribution in [1.82, 2.24) is 0 Å². The molecule has 3 saturated carbocycles. The summed E-state index contributed by atoms with van der Waals surface area (Å²) in [4.78, 5) is 9.00. The van der Waals surface area contributed by atoms with Crippen LogP contribution in [0.15, 0.2) is 10.2 Å². The summed E-state index contributed by atoms with van der Waals surface area (Å²) >= 11 is 4.81. The van der Waals surface area contributed by atoms with Crippen LogP contribution >= 0.6 is 0 Å². The Hall–Kier alpha value is -0.784. The molecule has 161 valence electrons. The third-order valence-corrected chi connectivity index (χ3v) is 5.95. The summed E-state index contributed by atoms with van der Waals surface area (Å²) in [5.74, 6) is 0.698. The first-order chi connectivity index (χ1) is 11.3. The van der Waals surface area contributed by atoms with Crippen LogP contribution in [0, 0.1) is 23.7 Å². The van der Waals surface area contributed by atoms with Crippen LogP contribution < -0.4 is 5.73 Å². The second-order valence-electron chi connectivity index (χ2n) is 7.27. The maximum absolute atomic E-state index is 11.3. The molecule has 10 heteroatoms. The molecule has 0 aliphatic heterocycles. The number of nitrogens with two attached hydrogens (primary N) is 1. The molecule has 2 bridgehead atoms. The van der Waals surface area contributed by atoms with Gasteiger partial charge in [-0.25, -0.2) is 0 Å². The zero-order valence-corrected chi connectivity index (χ0v) is 17.6. The van der Waals surface area contributed by atoms with Crippen LogP contribution in [-0.2, 0) is 34.2 Å². The molecule has 0 aromatic carbocycles. The van der Waals surface area contributed by atoms with E-state index in [0.29, 0.717) is 17.8 Å². The molecule has 0 spiro atoms. The zero-order valence-electron chi connectivity index (χ0n) is 15.8. The Morgan fingerprint density at radius 1 is 1.22 bits per heavy atom. The third kappa shape index (κ3) is 6.36. The summed E-state index contributed by atoms with van der Waals surface area (Å²) in [7, 11) is 0. The predicted molar refractivity (Wildman–Crippen MR) is 104 cm³/mol. The normalized spacial score (nSPS) is 35.8. The smallest absolute Gasteiger partial charge is 0.300 e. The van der Waals surface area contributed by atoms with Crippen molar-refractivity contribution in [3.8, 4) is 0 Å². The number of hydrogen-bond donors (Lipinski definition) is 3. The molecular weight excluding hydrogens is 417 g/mol. The van der Waals surface area contributed by atoms with E-state index in [1.165, 1.54) is 12.8 Å². The van der Waals surface area contributed by atoms with Crippen molar-refractivity contribution in [1.29, 1.82) is 0 Å². The summed E-state index contributed by atoms with van der Waals surface area (Å²) in [6.45, 7) is 3.36. The van der Waals surface area contributed by atoms with E-state index in [9.17, 15) is 5.11 Å². The van der Waals surface area contributed by atoms with Gasteiger partial charge in [0, 0.05) is 41.3 Å². The van der Waals surface area contributed by atoms with Gasteiger partial charge < -0.3 is 39.5 Å². The number of rotatable bonds is 1. The zero-order chi connectivity index (χ0) is 17.9. The van der Waals surface area contributed by atoms with Gasteiger partial charge in [-0.15, -0.1) is 0 Å². The van der Waals surface area contributed by atoms with Crippen molar-refractivity contribution in [2.75, 3.05) is 0 Å². The van der Waals surface area contributed by atoms with E-state index in [0.717, 1.165) is 44.7 Å². The summed E-state index contributed by atoms with van der Waals surface area (Å²) in [6.07, 6.45) is 7.82. The number of fused-ring (bicyclic) bond motifs is 4.